The lowest BCUT2D eigenvalue weighted by molar-refractivity contribution is 0.0693. The zero-order chi connectivity index (χ0) is 19.2. The molecule has 0 amide bonds. The van der Waals surface area contributed by atoms with Crippen LogP contribution in [0.15, 0.2) is 23.6 Å². The molecule has 134 valence electrons. The minimum Gasteiger partial charge on any atom is -0.507 e. The molecule has 2 N–H and O–H groups in total. The number of ketones is 1. The molecule has 0 unspecified atom stereocenters. The molecule has 5 heteroatoms. The van der Waals surface area contributed by atoms with E-state index < -0.39 is 5.97 Å². The van der Waals surface area contributed by atoms with Crippen molar-refractivity contribution < 1.29 is 19.8 Å². The highest BCUT2D eigenvalue weighted by Crippen LogP contribution is 2.40. The number of hydrogen-bond donors (Lipinski definition) is 2. The number of hydrogen-bond acceptors (Lipinski definition) is 4. The fraction of sp³-hybridized carbons (Fsp3) is 0.400. The highest BCUT2D eigenvalue weighted by molar-refractivity contribution is 7.12. The van der Waals surface area contributed by atoms with Crippen LogP contribution >= 0.6 is 11.3 Å². The second-order valence-corrected chi connectivity index (χ2v) is 9.13. The van der Waals surface area contributed by atoms with Gasteiger partial charge < -0.3 is 10.2 Å². The van der Waals surface area contributed by atoms with Crippen molar-refractivity contribution in [3.8, 4) is 5.75 Å². The second kappa shape index (κ2) is 6.30. The lowest BCUT2D eigenvalue weighted by atomic mass is 9.78. The number of carbonyl (C=O) groups excluding carboxylic acids is 1. The minimum absolute atomic E-state index is 0.0118. The zero-order valence-corrected chi connectivity index (χ0v) is 16.2. The summed E-state index contributed by atoms with van der Waals surface area (Å²) < 4.78 is 0. The lowest BCUT2D eigenvalue weighted by Crippen LogP contribution is -2.19. The highest BCUT2D eigenvalue weighted by atomic mass is 32.1. The predicted molar refractivity (Wildman–Crippen MR) is 100 cm³/mol. The Kier molecular flexibility index (Phi) is 4.83. The summed E-state index contributed by atoms with van der Waals surface area (Å²) in [6.45, 7) is 11.8. The number of carboxylic acids is 1. The highest BCUT2D eigenvalue weighted by Gasteiger charge is 2.29. The van der Waals surface area contributed by atoms with Gasteiger partial charge in [0, 0.05) is 16.7 Å². The van der Waals surface area contributed by atoms with E-state index in [0.29, 0.717) is 16.7 Å². The third-order valence-electron chi connectivity index (χ3n) is 4.09. The Hall–Kier alpha value is -2.14. The van der Waals surface area contributed by atoms with E-state index in [1.807, 2.05) is 41.5 Å². The van der Waals surface area contributed by atoms with Gasteiger partial charge in [0.1, 0.15) is 5.75 Å². The summed E-state index contributed by atoms with van der Waals surface area (Å²) >= 11 is 1.12. The number of carboxylic acid groups (broad SMARTS) is 1. The number of phenols is 1. The number of rotatable bonds is 3. The molecule has 2 aromatic rings. The Labute approximate surface area is 152 Å². The van der Waals surface area contributed by atoms with E-state index in [-0.39, 0.29) is 32.8 Å². The van der Waals surface area contributed by atoms with Crippen LogP contribution in [0.5, 0.6) is 5.75 Å². The van der Waals surface area contributed by atoms with Gasteiger partial charge >= 0.3 is 5.97 Å². The van der Waals surface area contributed by atoms with E-state index >= 15 is 0 Å². The van der Waals surface area contributed by atoms with Gasteiger partial charge in [0.15, 0.2) is 0 Å². The Morgan fingerprint density at radius 1 is 0.960 bits per heavy atom. The van der Waals surface area contributed by atoms with Crippen molar-refractivity contribution in [1.82, 2.24) is 0 Å². The van der Waals surface area contributed by atoms with Gasteiger partial charge in [-0.1, -0.05) is 41.5 Å². The van der Waals surface area contributed by atoms with Crippen LogP contribution in [0.3, 0.4) is 0 Å². The Bertz CT molecular complexity index is 797. The molecule has 0 bridgehead atoms. The van der Waals surface area contributed by atoms with Crippen LogP contribution < -0.4 is 0 Å². The van der Waals surface area contributed by atoms with Gasteiger partial charge in [0.05, 0.1) is 10.4 Å². The quantitative estimate of drug-likeness (QED) is 0.757. The number of thiophene rings is 1. The summed E-state index contributed by atoms with van der Waals surface area (Å²) in [5.41, 5.74) is 1.06. The maximum absolute atomic E-state index is 13.0. The third-order valence-corrected chi connectivity index (χ3v) is 5.00. The van der Waals surface area contributed by atoms with Gasteiger partial charge in [-0.25, -0.2) is 4.79 Å². The van der Waals surface area contributed by atoms with Crippen LogP contribution in [0.2, 0.25) is 0 Å². The summed E-state index contributed by atoms with van der Waals surface area (Å²) in [4.78, 5) is 24.5. The van der Waals surface area contributed by atoms with Gasteiger partial charge in [0.2, 0.25) is 5.78 Å². The maximum atomic E-state index is 13.0. The molecule has 0 spiro atoms. The number of phenolic OH excluding ortho intramolecular Hbond substituents is 1. The molecule has 2 rings (SSSR count). The van der Waals surface area contributed by atoms with Crippen LogP contribution in [-0.4, -0.2) is 22.0 Å². The van der Waals surface area contributed by atoms with Crippen LogP contribution in [0.25, 0.3) is 0 Å². The van der Waals surface area contributed by atoms with Crippen molar-refractivity contribution in [2.24, 2.45) is 0 Å². The standard InChI is InChI=1S/C20H24O4S/c1-19(2,3)13-9-11(10-14(16(13)22)20(4,5)6)15(21)17-12(18(23)24)7-8-25-17/h7-10,22H,1-6H3,(H,23,24). The summed E-state index contributed by atoms with van der Waals surface area (Å²) in [6.07, 6.45) is 0. The fourth-order valence-electron chi connectivity index (χ4n) is 2.69. The lowest BCUT2D eigenvalue weighted by Gasteiger charge is -2.28. The second-order valence-electron chi connectivity index (χ2n) is 8.22. The first-order valence-corrected chi connectivity index (χ1v) is 8.95. The van der Waals surface area contributed by atoms with Gasteiger partial charge in [-0.05, 0) is 34.4 Å². The predicted octanol–water partition coefficient (Wildman–Crippen LogP) is 4.98. The number of carbonyl (C=O) groups is 2. The van der Waals surface area contributed by atoms with Gasteiger partial charge in [-0.2, -0.15) is 0 Å². The Morgan fingerprint density at radius 3 is 1.84 bits per heavy atom. The molecular weight excluding hydrogens is 336 g/mol. The van der Waals surface area contributed by atoms with E-state index in [2.05, 4.69) is 0 Å². The molecular formula is C20H24O4S. The molecule has 1 heterocycles. The SMILES string of the molecule is CC(C)(C)c1cc(C(=O)c2sccc2C(=O)O)cc(C(C)(C)C)c1O. The zero-order valence-electron chi connectivity index (χ0n) is 15.4. The Morgan fingerprint density at radius 2 is 1.44 bits per heavy atom. The van der Waals surface area contributed by atoms with Crippen molar-refractivity contribution in [2.45, 2.75) is 52.4 Å². The van der Waals surface area contributed by atoms with Crippen LogP contribution in [-0.2, 0) is 10.8 Å². The van der Waals surface area contributed by atoms with Crippen LogP contribution in [0, 0.1) is 0 Å². The van der Waals surface area contributed by atoms with Crippen molar-refractivity contribution >= 4 is 23.1 Å². The van der Waals surface area contributed by atoms with Crippen LogP contribution in [0.1, 0.15) is 78.3 Å². The molecule has 0 saturated carbocycles. The molecule has 0 fully saturated rings. The van der Waals surface area contributed by atoms with E-state index in [1.165, 1.54) is 6.07 Å². The first kappa shape index (κ1) is 19.2. The van der Waals surface area contributed by atoms with Gasteiger partial charge in [-0.15, -0.1) is 11.3 Å². The third kappa shape index (κ3) is 3.76. The fourth-order valence-corrected chi connectivity index (χ4v) is 3.54. The minimum atomic E-state index is -1.12. The molecule has 0 saturated heterocycles. The topological polar surface area (TPSA) is 74.6 Å². The molecule has 1 aromatic carbocycles. The molecule has 1 aromatic heterocycles. The maximum Gasteiger partial charge on any atom is 0.337 e. The van der Waals surface area contributed by atoms with Crippen molar-refractivity contribution in [3.63, 3.8) is 0 Å². The molecule has 4 nitrogen and oxygen atoms in total. The van der Waals surface area contributed by atoms with Gasteiger partial charge in [0.25, 0.3) is 0 Å². The summed E-state index contributed by atoms with van der Waals surface area (Å²) in [7, 11) is 0. The summed E-state index contributed by atoms with van der Waals surface area (Å²) in [6, 6.07) is 4.80. The number of aromatic carboxylic acids is 1. The first-order valence-electron chi connectivity index (χ1n) is 8.07. The largest absolute Gasteiger partial charge is 0.507 e. The first-order chi connectivity index (χ1) is 11.3. The van der Waals surface area contributed by atoms with Crippen molar-refractivity contribution in [3.05, 3.63) is 50.7 Å². The van der Waals surface area contributed by atoms with Crippen LogP contribution in [0.4, 0.5) is 0 Å². The van der Waals surface area contributed by atoms with Crippen molar-refractivity contribution in [2.75, 3.05) is 0 Å². The van der Waals surface area contributed by atoms with E-state index in [1.54, 1.807) is 17.5 Å². The molecule has 0 aliphatic rings. The average Bonchev–Trinajstić information content (AvgIpc) is 2.93. The molecule has 0 aliphatic carbocycles. The summed E-state index contributed by atoms with van der Waals surface area (Å²) in [5.74, 6) is -1.25. The molecule has 0 radical (unpaired) electrons. The van der Waals surface area contributed by atoms with Crippen molar-refractivity contribution in [1.29, 1.82) is 0 Å². The number of aromatic hydroxyl groups is 1. The smallest absolute Gasteiger partial charge is 0.337 e. The monoisotopic (exact) mass is 360 g/mol. The Balaban J connectivity index is 2.71. The molecule has 25 heavy (non-hydrogen) atoms. The molecule has 0 atom stereocenters. The van der Waals surface area contributed by atoms with E-state index in [0.717, 1.165) is 11.3 Å². The average molecular weight is 360 g/mol. The van der Waals surface area contributed by atoms with E-state index in [9.17, 15) is 19.8 Å². The normalized spacial score (nSPS) is 12.2. The molecule has 0 aliphatic heterocycles. The van der Waals surface area contributed by atoms with E-state index in [4.69, 9.17) is 0 Å². The summed E-state index contributed by atoms with van der Waals surface area (Å²) in [5, 5.41) is 21.6. The number of benzene rings is 1. The van der Waals surface area contributed by atoms with Gasteiger partial charge in [-0.3, -0.25) is 4.79 Å².